The molecule has 1 fully saturated rings. The number of esters is 1. The van der Waals surface area contributed by atoms with Crippen LogP contribution in [0.3, 0.4) is 0 Å². The first kappa shape index (κ1) is 21.4. The van der Waals surface area contributed by atoms with Gasteiger partial charge in [-0.1, -0.05) is 60.7 Å². The fourth-order valence-corrected chi connectivity index (χ4v) is 3.28. The lowest BCUT2D eigenvalue weighted by Gasteiger charge is -2.43. The van der Waals surface area contributed by atoms with Crippen LogP contribution < -0.4 is 0 Å². The average molecular weight is 402 g/mol. The molecule has 7 heteroatoms. The maximum Gasteiger partial charge on any atom is 0.303 e. The molecule has 0 aromatic heterocycles. The second-order valence-electron chi connectivity index (χ2n) is 6.84. The normalized spacial score (nSPS) is 26.8. The van der Waals surface area contributed by atoms with Gasteiger partial charge in [-0.25, -0.2) is 0 Å². The molecule has 3 rings (SSSR count). The summed E-state index contributed by atoms with van der Waals surface area (Å²) in [7, 11) is 0. The van der Waals surface area contributed by atoms with E-state index >= 15 is 0 Å². The van der Waals surface area contributed by atoms with Gasteiger partial charge in [-0.3, -0.25) is 4.79 Å². The molecular weight excluding hydrogens is 376 g/mol. The number of hydrogen-bond acceptors (Lipinski definition) is 7. The summed E-state index contributed by atoms with van der Waals surface area (Å²) in [6.07, 6.45) is -4.94. The topological polar surface area (TPSA) is 94.5 Å². The Balaban J connectivity index is 1.80. The molecule has 1 heterocycles. The predicted molar refractivity (Wildman–Crippen MR) is 104 cm³/mol. The van der Waals surface area contributed by atoms with Crippen molar-refractivity contribution in [3.05, 3.63) is 71.8 Å². The largest absolute Gasteiger partial charge is 0.454 e. The maximum atomic E-state index is 11.6. The van der Waals surface area contributed by atoms with Crippen LogP contribution in [0.1, 0.15) is 18.1 Å². The Morgan fingerprint density at radius 2 is 1.41 bits per heavy atom. The Morgan fingerprint density at radius 3 is 1.90 bits per heavy atom. The quantitative estimate of drug-likeness (QED) is 0.650. The van der Waals surface area contributed by atoms with E-state index in [2.05, 4.69) is 0 Å². The first-order chi connectivity index (χ1) is 14.1. The summed E-state index contributed by atoms with van der Waals surface area (Å²) in [4.78, 5) is 11.6. The van der Waals surface area contributed by atoms with Crippen LogP contribution in [0.25, 0.3) is 0 Å². The Labute approximate surface area is 169 Å². The van der Waals surface area contributed by atoms with Gasteiger partial charge in [0.05, 0.1) is 19.8 Å². The summed E-state index contributed by atoms with van der Waals surface area (Å²) >= 11 is 0. The highest BCUT2D eigenvalue weighted by Gasteiger charge is 2.48. The van der Waals surface area contributed by atoms with Gasteiger partial charge < -0.3 is 29.2 Å². The Hall–Kier alpha value is -2.29. The van der Waals surface area contributed by atoms with Gasteiger partial charge >= 0.3 is 5.97 Å². The van der Waals surface area contributed by atoms with Gasteiger partial charge in [0.25, 0.3) is 0 Å². The number of aliphatic hydroxyl groups excluding tert-OH is 2. The highest BCUT2D eigenvalue weighted by atomic mass is 16.7. The molecule has 0 bridgehead atoms. The van der Waals surface area contributed by atoms with Crippen LogP contribution in [0.15, 0.2) is 60.7 Å². The van der Waals surface area contributed by atoms with Crippen LogP contribution in [0.4, 0.5) is 0 Å². The van der Waals surface area contributed by atoms with Gasteiger partial charge in [-0.15, -0.1) is 0 Å². The monoisotopic (exact) mass is 402 g/mol. The fraction of sp³-hybridized carbons (Fsp3) is 0.409. The SMILES string of the molecule is CC(=O)O[C@H]1C(O)O[C@H](CO)[C@@H](OCc2ccccc2)[C@@H]1OCc1ccccc1. The van der Waals surface area contributed by atoms with E-state index in [-0.39, 0.29) is 19.8 Å². The van der Waals surface area contributed by atoms with Crippen molar-refractivity contribution in [2.45, 2.75) is 50.8 Å². The second kappa shape index (κ2) is 10.5. The number of carbonyl (C=O) groups excluding carboxylic acids is 1. The van der Waals surface area contributed by atoms with Crippen molar-refractivity contribution in [1.82, 2.24) is 0 Å². The number of rotatable bonds is 8. The van der Waals surface area contributed by atoms with Crippen molar-refractivity contribution in [3.8, 4) is 0 Å². The zero-order valence-corrected chi connectivity index (χ0v) is 16.2. The van der Waals surface area contributed by atoms with E-state index in [4.69, 9.17) is 18.9 Å². The molecule has 0 saturated carbocycles. The lowest BCUT2D eigenvalue weighted by molar-refractivity contribution is -0.307. The van der Waals surface area contributed by atoms with E-state index in [0.29, 0.717) is 0 Å². The lowest BCUT2D eigenvalue weighted by atomic mass is 9.98. The molecule has 0 amide bonds. The zero-order valence-electron chi connectivity index (χ0n) is 16.2. The van der Waals surface area contributed by atoms with Crippen LogP contribution in [0.2, 0.25) is 0 Å². The van der Waals surface area contributed by atoms with E-state index in [1.54, 1.807) is 0 Å². The molecule has 7 nitrogen and oxygen atoms in total. The molecule has 156 valence electrons. The first-order valence-corrected chi connectivity index (χ1v) is 9.51. The highest BCUT2D eigenvalue weighted by molar-refractivity contribution is 5.66. The summed E-state index contributed by atoms with van der Waals surface area (Å²) < 4.78 is 22.8. The molecule has 2 N–H and O–H groups in total. The zero-order chi connectivity index (χ0) is 20.6. The summed E-state index contributed by atoms with van der Waals surface area (Å²) in [5, 5.41) is 20.1. The third-order valence-corrected chi connectivity index (χ3v) is 4.66. The van der Waals surface area contributed by atoms with Gasteiger partial charge in [0.2, 0.25) is 0 Å². The van der Waals surface area contributed by atoms with Crippen molar-refractivity contribution >= 4 is 5.97 Å². The van der Waals surface area contributed by atoms with E-state index in [0.717, 1.165) is 11.1 Å². The minimum Gasteiger partial charge on any atom is -0.454 e. The minimum atomic E-state index is -1.44. The second-order valence-corrected chi connectivity index (χ2v) is 6.84. The van der Waals surface area contributed by atoms with E-state index in [1.807, 2.05) is 60.7 Å². The van der Waals surface area contributed by atoms with Crippen molar-refractivity contribution in [2.24, 2.45) is 0 Å². The molecule has 1 saturated heterocycles. The fourth-order valence-electron chi connectivity index (χ4n) is 3.28. The van der Waals surface area contributed by atoms with E-state index in [9.17, 15) is 15.0 Å². The third-order valence-electron chi connectivity index (χ3n) is 4.66. The predicted octanol–water partition coefficient (Wildman–Crippen LogP) is 1.80. The maximum absolute atomic E-state index is 11.6. The van der Waals surface area contributed by atoms with Crippen LogP contribution in [0.5, 0.6) is 0 Å². The molecule has 5 atom stereocenters. The molecule has 2 aromatic rings. The van der Waals surface area contributed by atoms with E-state index in [1.165, 1.54) is 6.92 Å². The number of benzene rings is 2. The van der Waals surface area contributed by atoms with Gasteiger partial charge in [-0.05, 0) is 11.1 Å². The molecule has 2 aromatic carbocycles. The third kappa shape index (κ3) is 5.85. The summed E-state index contributed by atoms with van der Waals surface area (Å²) in [5.41, 5.74) is 1.85. The van der Waals surface area contributed by atoms with Gasteiger partial charge in [0.15, 0.2) is 12.4 Å². The average Bonchev–Trinajstić information content (AvgIpc) is 2.74. The molecule has 0 radical (unpaired) electrons. The summed E-state index contributed by atoms with van der Waals surface area (Å²) in [5.74, 6) is -0.574. The molecule has 0 spiro atoms. The molecule has 29 heavy (non-hydrogen) atoms. The number of hydrogen-bond donors (Lipinski definition) is 2. The summed E-state index contributed by atoms with van der Waals surface area (Å²) in [6.45, 7) is 1.34. The lowest BCUT2D eigenvalue weighted by Crippen LogP contribution is -2.61. The standard InChI is InChI=1S/C22H26O7/c1-15(24)28-21-20(27-14-17-10-6-3-7-11-17)19(18(12-23)29-22(21)25)26-13-16-8-4-2-5-9-16/h2-11,18-23,25H,12-14H2,1H3/t18-,19-,20+,21-,22?/m1/s1. The van der Waals surface area contributed by atoms with Crippen molar-refractivity contribution in [2.75, 3.05) is 6.61 Å². The van der Waals surface area contributed by atoms with Crippen molar-refractivity contribution in [3.63, 3.8) is 0 Å². The Morgan fingerprint density at radius 1 is 0.897 bits per heavy atom. The van der Waals surface area contributed by atoms with E-state index < -0.39 is 36.7 Å². The van der Waals surface area contributed by atoms with Crippen LogP contribution in [0, 0.1) is 0 Å². The number of ether oxygens (including phenoxy) is 4. The number of aliphatic hydroxyl groups is 2. The smallest absolute Gasteiger partial charge is 0.303 e. The highest BCUT2D eigenvalue weighted by Crippen LogP contribution is 2.28. The molecular formula is C22H26O7. The minimum absolute atomic E-state index is 0.222. The van der Waals surface area contributed by atoms with Gasteiger partial charge in [0.1, 0.15) is 18.3 Å². The first-order valence-electron chi connectivity index (χ1n) is 9.51. The number of carbonyl (C=O) groups is 1. The van der Waals surface area contributed by atoms with Crippen LogP contribution >= 0.6 is 0 Å². The molecule has 1 aliphatic heterocycles. The molecule has 1 aliphatic rings. The Bertz CT molecular complexity index is 752. The van der Waals surface area contributed by atoms with Gasteiger partial charge in [-0.2, -0.15) is 0 Å². The Kier molecular flexibility index (Phi) is 7.74. The van der Waals surface area contributed by atoms with Gasteiger partial charge in [0, 0.05) is 6.92 Å². The van der Waals surface area contributed by atoms with Crippen molar-refractivity contribution < 1.29 is 34.0 Å². The van der Waals surface area contributed by atoms with Crippen molar-refractivity contribution in [1.29, 1.82) is 0 Å². The molecule has 0 aliphatic carbocycles. The molecule has 1 unspecified atom stereocenters. The summed E-state index contributed by atoms with van der Waals surface area (Å²) in [6, 6.07) is 19.0. The van der Waals surface area contributed by atoms with Crippen LogP contribution in [-0.4, -0.2) is 53.5 Å². The van der Waals surface area contributed by atoms with Crippen LogP contribution in [-0.2, 0) is 37.0 Å².